The van der Waals surface area contributed by atoms with Gasteiger partial charge in [-0.05, 0) is 43.9 Å². The van der Waals surface area contributed by atoms with E-state index in [1.54, 1.807) is 12.4 Å². The maximum absolute atomic E-state index is 12.8. The van der Waals surface area contributed by atoms with Crippen molar-refractivity contribution in [1.29, 1.82) is 0 Å². The summed E-state index contributed by atoms with van der Waals surface area (Å²) in [7, 11) is 0. The van der Waals surface area contributed by atoms with Crippen LogP contribution in [-0.2, 0) is 4.79 Å². The largest absolute Gasteiger partial charge is 0.325 e. The quantitative estimate of drug-likeness (QED) is 0.875. The van der Waals surface area contributed by atoms with Crippen LogP contribution in [0.25, 0.3) is 0 Å². The van der Waals surface area contributed by atoms with Crippen LogP contribution in [0.5, 0.6) is 0 Å². The number of carbonyl (C=O) groups is 1. The highest BCUT2D eigenvalue weighted by molar-refractivity contribution is 5.96. The summed E-state index contributed by atoms with van der Waals surface area (Å²) in [6.07, 6.45) is 8.14. The Morgan fingerprint density at radius 3 is 3.00 bits per heavy atom. The summed E-state index contributed by atoms with van der Waals surface area (Å²) in [5.41, 5.74) is 1.73. The molecule has 6 heteroatoms. The number of carbonyl (C=O) groups excluding carboxylic acids is 1. The van der Waals surface area contributed by atoms with Crippen LogP contribution in [0.1, 0.15) is 31.2 Å². The lowest BCUT2D eigenvalue weighted by molar-refractivity contribution is -0.128. The monoisotopic (exact) mass is 331 g/mol. The number of anilines is 1. The molecule has 1 aliphatic heterocycles. The molecule has 1 aliphatic carbocycles. The van der Waals surface area contributed by atoms with E-state index in [0.717, 1.165) is 30.8 Å². The molecule has 2 aliphatic rings. The molecule has 0 spiro atoms. The van der Waals surface area contributed by atoms with Gasteiger partial charge in [-0.2, -0.15) is 0 Å². The van der Waals surface area contributed by atoms with Gasteiger partial charge >= 0.3 is 0 Å². The maximum Gasteiger partial charge on any atom is 0.232 e. The second kappa shape index (κ2) is 7.43. The Kier molecular flexibility index (Phi) is 6.44. The molecule has 1 saturated carbocycles. The van der Waals surface area contributed by atoms with Crippen LogP contribution in [0, 0.1) is 18.3 Å². The van der Waals surface area contributed by atoms with E-state index in [1.807, 2.05) is 13.0 Å². The van der Waals surface area contributed by atoms with Crippen LogP contribution < -0.4 is 10.6 Å². The first-order chi connectivity index (χ1) is 9.22. The van der Waals surface area contributed by atoms with E-state index >= 15 is 0 Å². The van der Waals surface area contributed by atoms with E-state index in [-0.39, 0.29) is 36.1 Å². The second-order valence-corrected chi connectivity index (χ2v) is 5.87. The summed E-state index contributed by atoms with van der Waals surface area (Å²) in [4.78, 5) is 16.8. The van der Waals surface area contributed by atoms with Crippen molar-refractivity contribution in [2.45, 2.75) is 32.6 Å². The van der Waals surface area contributed by atoms with Gasteiger partial charge in [-0.15, -0.1) is 24.8 Å². The van der Waals surface area contributed by atoms with Gasteiger partial charge < -0.3 is 10.6 Å². The molecule has 1 aromatic rings. The number of nitrogens with zero attached hydrogens (tertiary/aromatic N) is 1. The summed E-state index contributed by atoms with van der Waals surface area (Å²) in [6.45, 7) is 3.79. The standard InChI is InChI=1S/C15H21N3O.2ClH/c1-11-8-16-7-5-13(11)18-14(19)15-6-3-2-4-12(15)9-17-10-15;;/h5,7-8,12,17H,2-4,6,9-10H2,1H3,(H,16,18,19);2*1H/t12-,15+;;/m0../s1. The lowest BCUT2D eigenvalue weighted by Crippen LogP contribution is -2.44. The van der Waals surface area contributed by atoms with Gasteiger partial charge in [0, 0.05) is 24.6 Å². The molecule has 2 atom stereocenters. The zero-order valence-corrected chi connectivity index (χ0v) is 13.9. The topological polar surface area (TPSA) is 54.0 Å². The van der Waals surface area contributed by atoms with Crippen LogP contribution in [-0.4, -0.2) is 24.0 Å². The molecule has 2 fully saturated rings. The van der Waals surface area contributed by atoms with Crippen molar-refractivity contribution < 1.29 is 4.79 Å². The number of nitrogens with one attached hydrogen (secondary N) is 2. The normalized spacial score (nSPS) is 27.0. The molecule has 0 bridgehead atoms. The molecule has 118 valence electrons. The Morgan fingerprint density at radius 1 is 1.43 bits per heavy atom. The first-order valence-corrected chi connectivity index (χ1v) is 7.15. The van der Waals surface area contributed by atoms with Crippen LogP contribution in [0.2, 0.25) is 0 Å². The fraction of sp³-hybridized carbons (Fsp3) is 0.600. The van der Waals surface area contributed by atoms with Gasteiger partial charge in [0.05, 0.1) is 5.41 Å². The van der Waals surface area contributed by atoms with E-state index in [2.05, 4.69) is 15.6 Å². The van der Waals surface area contributed by atoms with Gasteiger partial charge in [-0.3, -0.25) is 9.78 Å². The van der Waals surface area contributed by atoms with E-state index in [4.69, 9.17) is 0 Å². The molecule has 2 N–H and O–H groups in total. The van der Waals surface area contributed by atoms with Crippen LogP contribution in [0.15, 0.2) is 18.5 Å². The number of fused-ring (bicyclic) bond motifs is 1. The molecule has 1 saturated heterocycles. The highest BCUT2D eigenvalue weighted by Crippen LogP contribution is 2.44. The molecular formula is C15H23Cl2N3O. The Bertz CT molecular complexity index is 498. The smallest absolute Gasteiger partial charge is 0.232 e. The van der Waals surface area contributed by atoms with Crippen molar-refractivity contribution in [2.75, 3.05) is 18.4 Å². The number of amides is 1. The first kappa shape index (κ1) is 18.2. The molecule has 3 rings (SSSR count). The third-order valence-corrected chi connectivity index (χ3v) is 4.76. The third-order valence-electron chi connectivity index (χ3n) is 4.76. The zero-order chi connectivity index (χ0) is 13.3. The van der Waals surface area contributed by atoms with E-state index in [0.29, 0.717) is 5.92 Å². The molecular weight excluding hydrogens is 309 g/mol. The number of rotatable bonds is 2. The Labute approximate surface area is 138 Å². The average molecular weight is 332 g/mol. The van der Waals surface area contributed by atoms with Crippen LogP contribution in [0.4, 0.5) is 5.69 Å². The summed E-state index contributed by atoms with van der Waals surface area (Å²) < 4.78 is 0. The fourth-order valence-electron chi connectivity index (χ4n) is 3.55. The molecule has 21 heavy (non-hydrogen) atoms. The van der Waals surface area contributed by atoms with Gasteiger partial charge in [-0.25, -0.2) is 0 Å². The predicted molar refractivity (Wildman–Crippen MR) is 89.4 cm³/mol. The van der Waals surface area contributed by atoms with Gasteiger partial charge in [-0.1, -0.05) is 12.8 Å². The van der Waals surface area contributed by atoms with Crippen molar-refractivity contribution in [2.24, 2.45) is 11.3 Å². The maximum atomic E-state index is 12.8. The van der Waals surface area contributed by atoms with E-state index in [9.17, 15) is 4.79 Å². The summed E-state index contributed by atoms with van der Waals surface area (Å²) in [5, 5.41) is 6.54. The van der Waals surface area contributed by atoms with E-state index in [1.165, 1.54) is 19.3 Å². The lowest BCUT2D eigenvalue weighted by atomic mass is 9.67. The van der Waals surface area contributed by atoms with Crippen LogP contribution in [0.3, 0.4) is 0 Å². The SMILES string of the molecule is Cc1cnccc1NC(=O)[C@@]12CCCC[C@H]1CNC2.Cl.Cl. The summed E-state index contributed by atoms with van der Waals surface area (Å²) >= 11 is 0. The minimum Gasteiger partial charge on any atom is -0.325 e. The van der Waals surface area contributed by atoms with Crippen molar-refractivity contribution in [3.05, 3.63) is 24.0 Å². The lowest BCUT2D eigenvalue weighted by Gasteiger charge is -2.37. The number of pyridine rings is 1. The second-order valence-electron chi connectivity index (χ2n) is 5.87. The molecule has 0 unspecified atom stereocenters. The minimum absolute atomic E-state index is 0. The molecule has 1 aromatic heterocycles. The highest BCUT2D eigenvalue weighted by atomic mass is 35.5. The molecule has 4 nitrogen and oxygen atoms in total. The number of halogens is 2. The van der Waals surface area contributed by atoms with Gasteiger partial charge in [0.2, 0.25) is 5.91 Å². The fourth-order valence-corrected chi connectivity index (χ4v) is 3.55. The van der Waals surface area contributed by atoms with Crippen LogP contribution >= 0.6 is 24.8 Å². The third kappa shape index (κ3) is 3.33. The molecule has 0 aromatic carbocycles. The van der Waals surface area contributed by atoms with Crippen molar-refractivity contribution in [3.63, 3.8) is 0 Å². The Morgan fingerprint density at radius 2 is 2.24 bits per heavy atom. The molecule has 0 radical (unpaired) electrons. The molecule has 2 heterocycles. The number of aryl methyl sites for hydroxylation is 1. The van der Waals surface area contributed by atoms with Gasteiger partial charge in [0.1, 0.15) is 0 Å². The number of hydrogen-bond acceptors (Lipinski definition) is 3. The summed E-state index contributed by atoms with van der Waals surface area (Å²) in [6, 6.07) is 1.88. The highest BCUT2D eigenvalue weighted by Gasteiger charge is 2.49. The van der Waals surface area contributed by atoms with Crippen molar-refractivity contribution in [1.82, 2.24) is 10.3 Å². The zero-order valence-electron chi connectivity index (χ0n) is 12.2. The van der Waals surface area contributed by atoms with Gasteiger partial charge in [0.15, 0.2) is 0 Å². The summed E-state index contributed by atoms with van der Waals surface area (Å²) in [5.74, 6) is 0.694. The minimum atomic E-state index is -0.187. The van der Waals surface area contributed by atoms with Crippen molar-refractivity contribution in [3.8, 4) is 0 Å². The number of aromatic nitrogens is 1. The van der Waals surface area contributed by atoms with Gasteiger partial charge in [0.25, 0.3) is 0 Å². The average Bonchev–Trinajstić information content (AvgIpc) is 2.86. The van der Waals surface area contributed by atoms with E-state index < -0.39 is 0 Å². The molecule has 1 amide bonds. The first-order valence-electron chi connectivity index (χ1n) is 7.15. The van der Waals surface area contributed by atoms with Crippen molar-refractivity contribution >= 4 is 36.4 Å². The Hall–Kier alpha value is -0.840. The predicted octanol–water partition coefficient (Wildman–Crippen LogP) is 2.95. The number of hydrogen-bond donors (Lipinski definition) is 2. The Balaban J connectivity index is 0.00000110.